The highest BCUT2D eigenvalue weighted by molar-refractivity contribution is 14.1. The first-order valence-electron chi connectivity index (χ1n) is 4.92. The summed E-state index contributed by atoms with van der Waals surface area (Å²) in [5.74, 6) is -0.380. The van der Waals surface area contributed by atoms with Crippen LogP contribution in [0.2, 0.25) is 0 Å². The van der Waals surface area contributed by atoms with Crippen molar-refractivity contribution < 1.29 is 9.53 Å². The van der Waals surface area contributed by atoms with Crippen LogP contribution in [0, 0.1) is 3.70 Å². The Morgan fingerprint density at radius 1 is 1.50 bits per heavy atom. The first kappa shape index (κ1) is 11.4. The van der Waals surface area contributed by atoms with Crippen LogP contribution in [0.4, 0.5) is 0 Å². The molecule has 0 N–H and O–H groups in total. The van der Waals surface area contributed by atoms with Crippen molar-refractivity contribution in [3.05, 3.63) is 33.8 Å². The molecule has 2 heterocycles. The van der Waals surface area contributed by atoms with Crippen LogP contribution >= 0.6 is 22.6 Å². The van der Waals surface area contributed by atoms with Crippen LogP contribution in [0.5, 0.6) is 0 Å². The van der Waals surface area contributed by atoms with Crippen molar-refractivity contribution >= 4 is 34.2 Å². The van der Waals surface area contributed by atoms with Gasteiger partial charge in [-0.3, -0.25) is 4.40 Å². The second-order valence-electron chi connectivity index (χ2n) is 3.66. The zero-order valence-corrected chi connectivity index (χ0v) is 11.1. The predicted octanol–water partition coefficient (Wildman–Crippen LogP) is 2.50. The smallest absolute Gasteiger partial charge is 0.358 e. The summed E-state index contributed by atoms with van der Waals surface area (Å²) in [7, 11) is 0. The molecule has 4 nitrogen and oxygen atoms in total. The SMILES string of the molecule is CC(C)OC(=O)c1cn2c(I)cccc2n1. The molecule has 0 aromatic carbocycles. The van der Waals surface area contributed by atoms with E-state index in [-0.39, 0.29) is 12.1 Å². The van der Waals surface area contributed by atoms with Crippen LogP contribution in [0.15, 0.2) is 24.4 Å². The quantitative estimate of drug-likeness (QED) is 0.483. The molecule has 0 spiro atoms. The fraction of sp³-hybridized carbons (Fsp3) is 0.273. The number of pyridine rings is 1. The fourth-order valence-electron chi connectivity index (χ4n) is 1.35. The highest BCUT2D eigenvalue weighted by Crippen LogP contribution is 2.12. The zero-order valence-electron chi connectivity index (χ0n) is 8.98. The topological polar surface area (TPSA) is 43.6 Å². The van der Waals surface area contributed by atoms with E-state index >= 15 is 0 Å². The summed E-state index contributed by atoms with van der Waals surface area (Å²) >= 11 is 2.19. The lowest BCUT2D eigenvalue weighted by Crippen LogP contribution is -2.11. The van der Waals surface area contributed by atoms with Crippen molar-refractivity contribution in [2.45, 2.75) is 20.0 Å². The van der Waals surface area contributed by atoms with Crippen molar-refractivity contribution in [2.75, 3.05) is 0 Å². The highest BCUT2D eigenvalue weighted by Gasteiger charge is 2.14. The first-order chi connectivity index (χ1) is 7.58. The third-order valence-electron chi connectivity index (χ3n) is 1.99. The van der Waals surface area contributed by atoms with Gasteiger partial charge in [0.1, 0.15) is 5.65 Å². The minimum atomic E-state index is -0.380. The molecular weight excluding hydrogens is 319 g/mol. The monoisotopic (exact) mass is 330 g/mol. The normalized spacial score (nSPS) is 11.0. The number of fused-ring (bicyclic) bond motifs is 1. The van der Waals surface area contributed by atoms with Crippen molar-refractivity contribution in [3.8, 4) is 0 Å². The van der Waals surface area contributed by atoms with Gasteiger partial charge in [0.2, 0.25) is 0 Å². The van der Waals surface area contributed by atoms with E-state index in [0.717, 1.165) is 9.35 Å². The van der Waals surface area contributed by atoms with Crippen LogP contribution < -0.4 is 0 Å². The molecule has 0 saturated carbocycles. The van der Waals surface area contributed by atoms with Gasteiger partial charge < -0.3 is 4.74 Å². The van der Waals surface area contributed by atoms with E-state index in [1.807, 2.05) is 36.4 Å². The summed E-state index contributed by atoms with van der Waals surface area (Å²) in [6, 6.07) is 5.71. The average molecular weight is 330 g/mol. The number of ether oxygens (including phenoxy) is 1. The van der Waals surface area contributed by atoms with Gasteiger partial charge in [-0.1, -0.05) is 6.07 Å². The lowest BCUT2D eigenvalue weighted by atomic mass is 10.4. The maximum atomic E-state index is 11.6. The molecule has 2 aromatic rings. The number of carbonyl (C=O) groups excluding carboxylic acids is 1. The van der Waals surface area contributed by atoms with Crippen molar-refractivity contribution in [1.82, 2.24) is 9.38 Å². The van der Waals surface area contributed by atoms with Crippen LogP contribution in [0.25, 0.3) is 5.65 Å². The third-order valence-corrected chi connectivity index (χ3v) is 2.87. The maximum Gasteiger partial charge on any atom is 0.358 e. The molecule has 0 fully saturated rings. The molecule has 0 aliphatic carbocycles. The number of nitrogens with zero attached hydrogens (tertiary/aromatic N) is 2. The van der Waals surface area contributed by atoms with Gasteiger partial charge in [-0.15, -0.1) is 0 Å². The van der Waals surface area contributed by atoms with E-state index in [4.69, 9.17) is 4.74 Å². The third kappa shape index (κ3) is 2.18. The zero-order chi connectivity index (χ0) is 11.7. The Morgan fingerprint density at radius 2 is 2.25 bits per heavy atom. The molecule has 84 valence electrons. The van der Waals surface area contributed by atoms with E-state index in [0.29, 0.717) is 5.69 Å². The number of hydrogen-bond acceptors (Lipinski definition) is 3. The molecule has 2 aromatic heterocycles. The largest absolute Gasteiger partial charge is 0.458 e. The summed E-state index contributed by atoms with van der Waals surface area (Å²) in [6.45, 7) is 3.63. The standard InChI is InChI=1S/C11H11IN2O2/c1-7(2)16-11(15)8-6-14-9(12)4-3-5-10(14)13-8/h3-7H,1-2H3. The Hall–Kier alpha value is -1.11. The van der Waals surface area contributed by atoms with Gasteiger partial charge in [0.05, 0.1) is 9.80 Å². The average Bonchev–Trinajstić information content (AvgIpc) is 2.61. The first-order valence-corrected chi connectivity index (χ1v) is 6.00. The lowest BCUT2D eigenvalue weighted by molar-refractivity contribution is 0.0371. The predicted molar refractivity (Wildman–Crippen MR) is 68.5 cm³/mol. The Bertz CT molecular complexity index is 534. The molecule has 2 rings (SSSR count). The number of imidazole rings is 1. The fourth-order valence-corrected chi connectivity index (χ4v) is 1.94. The molecule has 0 atom stereocenters. The molecule has 0 unspecified atom stereocenters. The van der Waals surface area contributed by atoms with E-state index in [9.17, 15) is 4.79 Å². The van der Waals surface area contributed by atoms with Crippen LogP contribution in [0.3, 0.4) is 0 Å². The van der Waals surface area contributed by atoms with Crippen molar-refractivity contribution in [1.29, 1.82) is 0 Å². The summed E-state index contributed by atoms with van der Waals surface area (Å²) < 4.78 is 7.95. The molecule has 0 bridgehead atoms. The molecule has 0 radical (unpaired) electrons. The lowest BCUT2D eigenvalue weighted by Gasteiger charge is -2.04. The number of halogens is 1. The minimum Gasteiger partial charge on any atom is -0.458 e. The van der Waals surface area contributed by atoms with Crippen LogP contribution in [-0.4, -0.2) is 21.5 Å². The number of aromatic nitrogens is 2. The molecule has 0 amide bonds. The number of esters is 1. The van der Waals surface area contributed by atoms with E-state index in [1.54, 1.807) is 6.20 Å². The van der Waals surface area contributed by atoms with Crippen LogP contribution in [-0.2, 0) is 4.74 Å². The molecular formula is C11H11IN2O2. The van der Waals surface area contributed by atoms with E-state index in [1.165, 1.54) is 0 Å². The van der Waals surface area contributed by atoms with Crippen molar-refractivity contribution in [2.24, 2.45) is 0 Å². The summed E-state index contributed by atoms with van der Waals surface area (Å²) in [5, 5.41) is 0. The molecule has 5 heteroatoms. The number of carbonyl (C=O) groups is 1. The van der Waals surface area contributed by atoms with Gasteiger partial charge in [-0.25, -0.2) is 9.78 Å². The van der Waals surface area contributed by atoms with Gasteiger partial charge in [0.25, 0.3) is 0 Å². The van der Waals surface area contributed by atoms with E-state index < -0.39 is 0 Å². The minimum absolute atomic E-state index is 0.128. The Kier molecular flexibility index (Phi) is 3.13. The Morgan fingerprint density at radius 3 is 2.88 bits per heavy atom. The van der Waals surface area contributed by atoms with E-state index in [2.05, 4.69) is 27.6 Å². The van der Waals surface area contributed by atoms with Gasteiger partial charge in [0.15, 0.2) is 5.69 Å². The molecule has 0 aliphatic heterocycles. The molecule has 0 saturated heterocycles. The molecule has 16 heavy (non-hydrogen) atoms. The van der Waals surface area contributed by atoms with Gasteiger partial charge in [-0.2, -0.15) is 0 Å². The van der Waals surface area contributed by atoms with Crippen molar-refractivity contribution in [3.63, 3.8) is 0 Å². The van der Waals surface area contributed by atoms with Crippen LogP contribution in [0.1, 0.15) is 24.3 Å². The van der Waals surface area contributed by atoms with Gasteiger partial charge >= 0.3 is 5.97 Å². The maximum absolute atomic E-state index is 11.6. The summed E-state index contributed by atoms with van der Waals surface area (Å²) in [5.41, 5.74) is 1.10. The number of rotatable bonds is 2. The summed E-state index contributed by atoms with van der Waals surface area (Å²) in [6.07, 6.45) is 1.57. The van der Waals surface area contributed by atoms with Gasteiger partial charge in [0, 0.05) is 6.20 Å². The number of hydrogen-bond donors (Lipinski definition) is 0. The van der Waals surface area contributed by atoms with Gasteiger partial charge in [-0.05, 0) is 48.6 Å². The molecule has 0 aliphatic rings. The highest BCUT2D eigenvalue weighted by atomic mass is 127. The summed E-state index contributed by atoms with van der Waals surface area (Å²) in [4.78, 5) is 15.8. The Labute approximate surface area is 107 Å². The second kappa shape index (κ2) is 4.40. The Balaban J connectivity index is 2.40. The second-order valence-corrected chi connectivity index (χ2v) is 4.76.